The lowest BCUT2D eigenvalue weighted by molar-refractivity contribution is -0.275. The lowest BCUT2D eigenvalue weighted by atomic mass is 9.83. The molecule has 0 radical (unpaired) electrons. The van der Waals surface area contributed by atoms with Crippen molar-refractivity contribution in [2.45, 2.75) is 62.6 Å². The van der Waals surface area contributed by atoms with E-state index >= 15 is 0 Å². The molecule has 47 heavy (non-hydrogen) atoms. The summed E-state index contributed by atoms with van der Waals surface area (Å²) in [6, 6.07) is 34.3. The number of hydrogen-bond acceptors (Lipinski definition) is 8. The number of aliphatic hydroxyl groups is 1. The van der Waals surface area contributed by atoms with E-state index in [1.54, 1.807) is 103 Å². The first kappa shape index (κ1) is 33.8. The van der Waals surface area contributed by atoms with Crippen LogP contribution in [0.5, 0.6) is 0 Å². The van der Waals surface area contributed by atoms with Crippen LogP contribution >= 0.6 is 0 Å². The zero-order valence-corrected chi connectivity index (χ0v) is 25.1. The first-order chi connectivity index (χ1) is 22.7. The van der Waals surface area contributed by atoms with Crippen molar-refractivity contribution < 1.29 is 51.6 Å². The van der Waals surface area contributed by atoms with Gasteiger partial charge in [-0.05, 0) is 28.8 Å². The van der Waals surface area contributed by atoms with Crippen molar-refractivity contribution in [1.29, 1.82) is 0 Å². The molecule has 0 aliphatic heterocycles. The van der Waals surface area contributed by atoms with Gasteiger partial charge in [0.25, 0.3) is 0 Å². The van der Waals surface area contributed by atoms with Gasteiger partial charge in [0.15, 0.2) is 12.2 Å². The van der Waals surface area contributed by atoms with Crippen molar-refractivity contribution in [3.63, 3.8) is 0 Å². The van der Waals surface area contributed by atoms with Gasteiger partial charge in [0.2, 0.25) is 0 Å². The van der Waals surface area contributed by atoms with Crippen LogP contribution in [0.3, 0.4) is 0 Å². The average molecular weight is 651 g/mol. The molecule has 4 aromatic carbocycles. The fourth-order valence-corrected chi connectivity index (χ4v) is 5.24. The molecular formula is C36H33F3O8. The van der Waals surface area contributed by atoms with E-state index < -0.39 is 54.7 Å². The highest BCUT2D eigenvalue weighted by atomic mass is 19.4. The van der Waals surface area contributed by atoms with Gasteiger partial charge in [0.1, 0.15) is 24.4 Å². The van der Waals surface area contributed by atoms with Gasteiger partial charge in [-0.15, -0.1) is 0 Å². The van der Waals surface area contributed by atoms with E-state index in [0.29, 0.717) is 16.7 Å². The van der Waals surface area contributed by atoms with Crippen molar-refractivity contribution in [2.75, 3.05) is 0 Å². The molecule has 1 N–H and O–H groups in total. The molecule has 5 rings (SSSR count). The minimum atomic E-state index is -5.38. The quantitative estimate of drug-likeness (QED) is 0.192. The molecule has 0 heterocycles. The Balaban J connectivity index is 1.55. The highest BCUT2D eigenvalue weighted by molar-refractivity contribution is 5.89. The molecule has 0 saturated heterocycles. The lowest BCUT2D eigenvalue weighted by Crippen LogP contribution is -2.67. The molecule has 0 unspecified atom stereocenters. The smallest absolute Gasteiger partial charge is 0.453 e. The summed E-state index contributed by atoms with van der Waals surface area (Å²) in [6.07, 6.45) is -15.1. The predicted molar refractivity (Wildman–Crippen MR) is 163 cm³/mol. The standard InChI is InChI=1S/C36H33F3O8/c37-36(38,39)35(42)47-33-30(44-22-25-15-7-2-8-16-25)28(40)29(43-21-24-13-5-1-6-14-24)32(46-34(41)27-19-11-4-12-20-27)31(33)45-23-26-17-9-3-10-18-26/h1-20,28-33,40H,21-23H2/t28-,29+,30+,31-,32+,33-/m1/s1. The van der Waals surface area contributed by atoms with Crippen LogP contribution in [-0.4, -0.2) is 59.8 Å². The SMILES string of the molecule is O=C(O[C@@H]1[C@@H](OCc2ccccc2)[C@H](OC(=O)C(F)(F)F)[C@@H](OCc2ccccc2)[C@H](O)[C@@H]1OCc1ccccc1)c1ccccc1. The Morgan fingerprint density at radius 1 is 0.532 bits per heavy atom. The number of aliphatic hydroxyl groups excluding tert-OH is 1. The Morgan fingerprint density at radius 2 is 0.894 bits per heavy atom. The zero-order valence-electron chi connectivity index (χ0n) is 25.1. The largest absolute Gasteiger partial charge is 0.490 e. The highest BCUT2D eigenvalue weighted by Crippen LogP contribution is 2.35. The molecule has 1 aliphatic carbocycles. The number of hydrogen-bond donors (Lipinski definition) is 1. The molecule has 0 aromatic heterocycles. The van der Waals surface area contributed by atoms with Crippen molar-refractivity contribution in [2.24, 2.45) is 0 Å². The number of carbonyl (C=O) groups is 2. The molecule has 246 valence electrons. The number of esters is 2. The Morgan fingerprint density at radius 3 is 1.30 bits per heavy atom. The molecule has 0 spiro atoms. The number of carbonyl (C=O) groups excluding carboxylic acids is 2. The number of rotatable bonds is 12. The van der Waals surface area contributed by atoms with Crippen LogP contribution in [0.25, 0.3) is 0 Å². The summed E-state index contributed by atoms with van der Waals surface area (Å²) in [5.41, 5.74) is 2.12. The van der Waals surface area contributed by atoms with E-state index in [-0.39, 0.29) is 25.4 Å². The van der Waals surface area contributed by atoms with Gasteiger partial charge in [-0.3, -0.25) is 0 Å². The molecule has 0 amide bonds. The van der Waals surface area contributed by atoms with Crippen molar-refractivity contribution in [1.82, 2.24) is 0 Å². The number of benzene rings is 4. The van der Waals surface area contributed by atoms with Crippen molar-refractivity contribution in [3.8, 4) is 0 Å². The molecular weight excluding hydrogens is 617 g/mol. The van der Waals surface area contributed by atoms with E-state index in [0.717, 1.165) is 0 Å². The topological polar surface area (TPSA) is 101 Å². The van der Waals surface area contributed by atoms with Crippen molar-refractivity contribution >= 4 is 11.9 Å². The van der Waals surface area contributed by atoms with Crippen LogP contribution in [0.4, 0.5) is 13.2 Å². The molecule has 11 heteroatoms. The van der Waals surface area contributed by atoms with E-state index in [1.165, 1.54) is 12.1 Å². The van der Waals surface area contributed by atoms with Crippen LogP contribution in [0, 0.1) is 0 Å². The van der Waals surface area contributed by atoms with Gasteiger partial charge in [0.05, 0.1) is 25.4 Å². The Hall–Kier alpha value is -4.55. The zero-order chi connectivity index (χ0) is 33.2. The predicted octanol–water partition coefficient (Wildman–Crippen LogP) is 5.82. The lowest BCUT2D eigenvalue weighted by Gasteiger charge is -2.47. The second kappa shape index (κ2) is 15.8. The maximum atomic E-state index is 13.6. The third-order valence-electron chi connectivity index (χ3n) is 7.55. The molecule has 1 aliphatic rings. The number of alkyl halides is 3. The van der Waals surface area contributed by atoms with Gasteiger partial charge in [-0.25, -0.2) is 9.59 Å². The third kappa shape index (κ3) is 9.05. The summed E-state index contributed by atoms with van der Waals surface area (Å²) in [7, 11) is 0. The Labute approximate surface area is 269 Å². The maximum absolute atomic E-state index is 13.6. The minimum absolute atomic E-state index is 0.0637. The summed E-state index contributed by atoms with van der Waals surface area (Å²) in [6.45, 7) is -0.391. The molecule has 1 saturated carbocycles. The van der Waals surface area contributed by atoms with Gasteiger partial charge in [-0.2, -0.15) is 13.2 Å². The normalized spacial score (nSPS) is 22.7. The van der Waals surface area contributed by atoms with E-state index in [2.05, 4.69) is 0 Å². The van der Waals surface area contributed by atoms with Gasteiger partial charge < -0.3 is 28.8 Å². The van der Waals surface area contributed by atoms with Gasteiger partial charge in [0, 0.05) is 0 Å². The monoisotopic (exact) mass is 650 g/mol. The summed E-state index contributed by atoms with van der Waals surface area (Å²) < 4.78 is 70.2. The third-order valence-corrected chi connectivity index (χ3v) is 7.55. The van der Waals surface area contributed by atoms with Crippen LogP contribution in [0.1, 0.15) is 27.0 Å². The summed E-state index contributed by atoms with van der Waals surface area (Å²) in [5.74, 6) is -3.37. The van der Waals surface area contributed by atoms with Gasteiger partial charge in [-0.1, -0.05) is 109 Å². The fourth-order valence-electron chi connectivity index (χ4n) is 5.24. The number of ether oxygens (including phenoxy) is 5. The number of halogens is 3. The second-order valence-corrected chi connectivity index (χ2v) is 10.9. The average Bonchev–Trinajstić information content (AvgIpc) is 3.09. The van der Waals surface area contributed by atoms with Crippen LogP contribution in [0.15, 0.2) is 121 Å². The minimum Gasteiger partial charge on any atom is -0.453 e. The summed E-state index contributed by atoms with van der Waals surface area (Å²) >= 11 is 0. The highest BCUT2D eigenvalue weighted by Gasteiger charge is 2.58. The summed E-state index contributed by atoms with van der Waals surface area (Å²) in [5, 5.41) is 11.8. The Bertz CT molecular complexity index is 1560. The first-order valence-electron chi connectivity index (χ1n) is 14.9. The van der Waals surface area contributed by atoms with E-state index in [4.69, 9.17) is 23.7 Å². The molecule has 8 nitrogen and oxygen atoms in total. The summed E-state index contributed by atoms with van der Waals surface area (Å²) in [4.78, 5) is 25.7. The Kier molecular flexibility index (Phi) is 11.4. The molecule has 0 bridgehead atoms. The van der Waals surface area contributed by atoms with Crippen LogP contribution < -0.4 is 0 Å². The molecule has 4 aromatic rings. The van der Waals surface area contributed by atoms with Gasteiger partial charge >= 0.3 is 18.1 Å². The molecule has 1 fully saturated rings. The van der Waals surface area contributed by atoms with E-state index in [9.17, 15) is 27.9 Å². The van der Waals surface area contributed by atoms with E-state index in [1.807, 2.05) is 6.07 Å². The van der Waals surface area contributed by atoms with Crippen molar-refractivity contribution in [3.05, 3.63) is 144 Å². The first-order valence-corrected chi connectivity index (χ1v) is 14.9. The van der Waals surface area contributed by atoms with Crippen LogP contribution in [0.2, 0.25) is 0 Å². The maximum Gasteiger partial charge on any atom is 0.490 e. The fraction of sp³-hybridized carbons (Fsp3) is 0.278. The molecule has 6 atom stereocenters. The second-order valence-electron chi connectivity index (χ2n) is 10.9. The van der Waals surface area contributed by atoms with Crippen LogP contribution in [-0.2, 0) is 48.3 Å².